The lowest BCUT2D eigenvalue weighted by molar-refractivity contribution is 0.417. The Morgan fingerprint density at radius 3 is 2.07 bits per heavy atom. The van der Waals surface area contributed by atoms with Gasteiger partial charge in [-0.15, -0.1) is 0 Å². The van der Waals surface area contributed by atoms with Gasteiger partial charge in [0.2, 0.25) is 0 Å². The van der Waals surface area contributed by atoms with E-state index in [1.165, 1.54) is 0 Å². The van der Waals surface area contributed by atoms with E-state index in [9.17, 15) is 8.42 Å². The Kier molecular flexibility index (Phi) is 6.59. The van der Waals surface area contributed by atoms with Gasteiger partial charge in [0.15, 0.2) is 5.11 Å². The van der Waals surface area contributed by atoms with E-state index in [1.54, 1.807) is 55.6 Å². The third kappa shape index (κ3) is 5.49. The van der Waals surface area contributed by atoms with Crippen molar-refractivity contribution in [1.29, 1.82) is 0 Å². The maximum absolute atomic E-state index is 12.5. The molecule has 0 fully saturated rings. The second-order valence-electron chi connectivity index (χ2n) is 6.78. The van der Waals surface area contributed by atoms with Gasteiger partial charge in [-0.3, -0.25) is 4.72 Å². The number of methoxy groups -OCH3 is 1. The van der Waals surface area contributed by atoms with Crippen LogP contribution in [0.25, 0.3) is 0 Å². The van der Waals surface area contributed by atoms with Crippen LogP contribution in [0, 0.1) is 13.8 Å². The van der Waals surface area contributed by atoms with E-state index in [0.29, 0.717) is 16.5 Å². The molecule has 0 bridgehead atoms. The molecule has 0 heterocycles. The summed E-state index contributed by atoms with van der Waals surface area (Å²) in [4.78, 5) is 0.216. The van der Waals surface area contributed by atoms with Gasteiger partial charge in [0, 0.05) is 11.4 Å². The van der Waals surface area contributed by atoms with E-state index in [4.69, 9.17) is 17.0 Å². The number of rotatable bonds is 6. The third-order valence-corrected chi connectivity index (χ3v) is 5.93. The van der Waals surface area contributed by atoms with Crippen LogP contribution in [0.3, 0.4) is 0 Å². The van der Waals surface area contributed by atoms with Crippen LogP contribution in [0.5, 0.6) is 5.75 Å². The predicted molar refractivity (Wildman–Crippen MR) is 126 cm³/mol. The molecule has 3 aromatic carbocycles. The van der Waals surface area contributed by atoms with E-state index >= 15 is 0 Å². The van der Waals surface area contributed by atoms with Gasteiger partial charge in [-0.2, -0.15) is 0 Å². The smallest absolute Gasteiger partial charge is 0.261 e. The zero-order valence-electron chi connectivity index (χ0n) is 16.9. The summed E-state index contributed by atoms with van der Waals surface area (Å²) in [5.74, 6) is 0.686. The lowest BCUT2D eigenvalue weighted by Crippen LogP contribution is -2.19. The van der Waals surface area contributed by atoms with E-state index in [1.807, 2.05) is 32.0 Å². The molecular weight excluding hydrogens is 418 g/mol. The average Bonchev–Trinajstić information content (AvgIpc) is 2.70. The quantitative estimate of drug-likeness (QED) is 0.471. The molecule has 0 radical (unpaired) electrons. The summed E-state index contributed by atoms with van der Waals surface area (Å²) in [6.07, 6.45) is 0. The molecule has 0 amide bonds. The minimum Gasteiger partial charge on any atom is -0.495 e. The molecule has 0 atom stereocenters. The highest BCUT2D eigenvalue weighted by atomic mass is 32.2. The molecule has 0 saturated carbocycles. The molecule has 8 heteroatoms. The molecule has 0 aliphatic carbocycles. The molecule has 0 aliphatic heterocycles. The van der Waals surface area contributed by atoms with E-state index in [2.05, 4.69) is 15.4 Å². The Morgan fingerprint density at radius 2 is 1.43 bits per heavy atom. The van der Waals surface area contributed by atoms with Crippen molar-refractivity contribution in [2.75, 3.05) is 22.5 Å². The highest BCUT2D eigenvalue weighted by Gasteiger charge is 2.13. The number of thiocarbonyl (C=S) groups is 1. The molecule has 0 unspecified atom stereocenters. The van der Waals surface area contributed by atoms with Gasteiger partial charge in [-0.25, -0.2) is 8.42 Å². The zero-order chi connectivity index (χ0) is 21.7. The number of hydrogen-bond donors (Lipinski definition) is 3. The number of ether oxygens (including phenoxy) is 1. The number of benzene rings is 3. The molecule has 3 N–H and O–H groups in total. The van der Waals surface area contributed by atoms with Crippen LogP contribution in [0.1, 0.15) is 11.1 Å². The number of sulfonamides is 1. The Hall–Kier alpha value is -3.10. The fourth-order valence-electron chi connectivity index (χ4n) is 2.76. The van der Waals surface area contributed by atoms with Crippen LogP contribution in [0.4, 0.5) is 17.1 Å². The molecule has 0 saturated heterocycles. The van der Waals surface area contributed by atoms with Gasteiger partial charge in [0.25, 0.3) is 10.0 Å². The van der Waals surface area contributed by atoms with Crippen molar-refractivity contribution < 1.29 is 13.2 Å². The van der Waals surface area contributed by atoms with E-state index in [-0.39, 0.29) is 4.90 Å². The number of nitrogens with one attached hydrogen (secondary N) is 3. The third-order valence-electron chi connectivity index (χ3n) is 4.33. The van der Waals surface area contributed by atoms with Crippen molar-refractivity contribution >= 4 is 44.4 Å². The van der Waals surface area contributed by atoms with Crippen LogP contribution in [-0.2, 0) is 10.0 Å². The maximum Gasteiger partial charge on any atom is 0.261 e. The first kappa shape index (κ1) is 21.6. The summed E-state index contributed by atoms with van der Waals surface area (Å²) < 4.78 is 32.9. The van der Waals surface area contributed by atoms with Gasteiger partial charge in [0.1, 0.15) is 5.75 Å². The molecule has 3 aromatic rings. The van der Waals surface area contributed by atoms with Crippen LogP contribution >= 0.6 is 12.2 Å². The highest BCUT2D eigenvalue weighted by Crippen LogP contribution is 2.25. The summed E-state index contributed by atoms with van der Waals surface area (Å²) in [6, 6.07) is 19.3. The standard InChI is InChI=1S/C22H23N3O3S2/c1-15-4-11-19(12-5-15)30(26,27)25-18-9-7-17(8-10-18)23-22(29)24-20-14-16(2)6-13-21(20)28-3/h4-14,25H,1-3H3,(H2,23,24,29). The van der Waals surface area contributed by atoms with Crippen molar-refractivity contribution in [2.24, 2.45) is 0 Å². The van der Waals surface area contributed by atoms with Gasteiger partial charge < -0.3 is 15.4 Å². The summed E-state index contributed by atoms with van der Waals surface area (Å²) in [5.41, 5.74) is 4.01. The fourth-order valence-corrected chi connectivity index (χ4v) is 4.04. The first-order valence-corrected chi connectivity index (χ1v) is 11.1. The van der Waals surface area contributed by atoms with Crippen molar-refractivity contribution in [2.45, 2.75) is 18.7 Å². The van der Waals surface area contributed by atoms with Crippen molar-refractivity contribution in [3.05, 3.63) is 77.9 Å². The summed E-state index contributed by atoms with van der Waals surface area (Å²) in [6.45, 7) is 3.89. The number of hydrogen-bond acceptors (Lipinski definition) is 4. The molecule has 6 nitrogen and oxygen atoms in total. The summed E-state index contributed by atoms with van der Waals surface area (Å²) in [7, 11) is -2.04. The molecule has 0 aliphatic rings. The molecule has 0 spiro atoms. The topological polar surface area (TPSA) is 79.5 Å². The van der Waals surface area contributed by atoms with Crippen LogP contribution in [-0.4, -0.2) is 20.6 Å². The van der Waals surface area contributed by atoms with Crippen LogP contribution in [0.2, 0.25) is 0 Å². The van der Waals surface area contributed by atoms with Gasteiger partial charge in [-0.05, 0) is 80.2 Å². The van der Waals surface area contributed by atoms with E-state index < -0.39 is 10.0 Å². The van der Waals surface area contributed by atoms with Crippen LogP contribution < -0.4 is 20.1 Å². The van der Waals surface area contributed by atoms with Crippen molar-refractivity contribution in [3.63, 3.8) is 0 Å². The molecule has 0 aromatic heterocycles. The Labute approximate surface area is 182 Å². The maximum atomic E-state index is 12.5. The number of aryl methyl sites for hydroxylation is 2. The molecule has 30 heavy (non-hydrogen) atoms. The second-order valence-corrected chi connectivity index (χ2v) is 8.87. The Bertz CT molecular complexity index is 1140. The van der Waals surface area contributed by atoms with Gasteiger partial charge in [-0.1, -0.05) is 23.8 Å². The lowest BCUT2D eigenvalue weighted by Gasteiger charge is -2.14. The second kappa shape index (κ2) is 9.15. The van der Waals surface area contributed by atoms with Gasteiger partial charge >= 0.3 is 0 Å². The average molecular weight is 442 g/mol. The SMILES string of the molecule is COc1ccc(C)cc1NC(=S)Nc1ccc(NS(=O)(=O)c2ccc(C)cc2)cc1. The monoisotopic (exact) mass is 441 g/mol. The lowest BCUT2D eigenvalue weighted by atomic mass is 10.2. The normalized spacial score (nSPS) is 10.9. The summed E-state index contributed by atoms with van der Waals surface area (Å²) in [5, 5.41) is 6.59. The van der Waals surface area contributed by atoms with Crippen molar-refractivity contribution in [3.8, 4) is 5.75 Å². The van der Waals surface area contributed by atoms with Crippen LogP contribution in [0.15, 0.2) is 71.6 Å². The van der Waals surface area contributed by atoms with E-state index in [0.717, 1.165) is 22.5 Å². The zero-order valence-corrected chi connectivity index (χ0v) is 18.5. The number of anilines is 3. The molecule has 3 rings (SSSR count). The predicted octanol–water partition coefficient (Wildman–Crippen LogP) is 4.92. The van der Waals surface area contributed by atoms with Crippen molar-refractivity contribution in [1.82, 2.24) is 0 Å². The fraction of sp³-hybridized carbons (Fsp3) is 0.136. The minimum absolute atomic E-state index is 0.216. The summed E-state index contributed by atoms with van der Waals surface area (Å²) >= 11 is 5.37. The Balaban J connectivity index is 1.65. The Morgan fingerprint density at radius 1 is 0.833 bits per heavy atom. The highest BCUT2D eigenvalue weighted by molar-refractivity contribution is 7.92. The van der Waals surface area contributed by atoms with Gasteiger partial charge in [0.05, 0.1) is 17.7 Å². The first-order chi connectivity index (χ1) is 14.3. The first-order valence-electron chi connectivity index (χ1n) is 9.19. The molecular formula is C22H23N3O3S2. The molecule has 156 valence electrons. The largest absolute Gasteiger partial charge is 0.495 e. The minimum atomic E-state index is -3.64.